The minimum atomic E-state index is 0.806. The molecular weight excluding hydrogens is 278 g/mol. The van der Waals surface area contributed by atoms with E-state index in [2.05, 4.69) is 44.3 Å². The average molecular weight is 316 g/mol. The summed E-state index contributed by atoms with van der Waals surface area (Å²) in [5.74, 6) is 1.81. The maximum atomic E-state index is 3.58. The highest BCUT2D eigenvalue weighted by molar-refractivity contribution is 5.52. The second kappa shape index (κ2) is 10.0. The van der Waals surface area contributed by atoms with Crippen LogP contribution in [0.3, 0.4) is 0 Å². The van der Waals surface area contributed by atoms with Crippen LogP contribution < -0.4 is 5.32 Å². The third-order valence-electron chi connectivity index (χ3n) is 5.63. The monoisotopic (exact) mass is 315 g/mol. The van der Waals surface area contributed by atoms with E-state index < -0.39 is 0 Å². The first-order valence-electron chi connectivity index (χ1n) is 10.1. The van der Waals surface area contributed by atoms with Crippen molar-refractivity contribution in [1.29, 1.82) is 0 Å². The number of hydrogen-bond acceptors (Lipinski definition) is 1. The second-order valence-corrected chi connectivity index (χ2v) is 7.57. The highest BCUT2D eigenvalue weighted by Gasteiger charge is 2.22. The summed E-state index contributed by atoms with van der Waals surface area (Å²) < 4.78 is 0. The van der Waals surface area contributed by atoms with E-state index in [-0.39, 0.29) is 0 Å². The molecule has 0 saturated heterocycles. The van der Waals surface area contributed by atoms with Gasteiger partial charge in [0.15, 0.2) is 0 Å². The fourth-order valence-corrected chi connectivity index (χ4v) is 4.01. The van der Waals surface area contributed by atoms with Crippen LogP contribution in [0.15, 0.2) is 18.2 Å². The summed E-state index contributed by atoms with van der Waals surface area (Å²) in [6.45, 7) is 7.91. The third kappa shape index (κ3) is 5.86. The molecule has 23 heavy (non-hydrogen) atoms. The van der Waals surface area contributed by atoms with Crippen LogP contribution in [0.25, 0.3) is 0 Å². The van der Waals surface area contributed by atoms with Gasteiger partial charge in [-0.1, -0.05) is 58.1 Å². The number of hydrogen-bond donors (Lipinski definition) is 1. The molecule has 1 aromatic rings. The van der Waals surface area contributed by atoms with Crippen LogP contribution in [-0.4, -0.2) is 6.54 Å². The van der Waals surface area contributed by atoms with Gasteiger partial charge in [0.2, 0.25) is 0 Å². The molecule has 1 heteroatoms. The Labute approximate surface area is 144 Å². The smallest absolute Gasteiger partial charge is 0.0370 e. The minimum absolute atomic E-state index is 0.806. The van der Waals surface area contributed by atoms with E-state index in [9.17, 15) is 0 Å². The van der Waals surface area contributed by atoms with Gasteiger partial charge in [-0.15, -0.1) is 0 Å². The Morgan fingerprint density at radius 2 is 1.70 bits per heavy atom. The molecule has 0 unspecified atom stereocenters. The van der Waals surface area contributed by atoms with Crippen molar-refractivity contribution < 1.29 is 0 Å². The Hall–Kier alpha value is -0.980. The summed E-state index contributed by atoms with van der Waals surface area (Å²) >= 11 is 0. The van der Waals surface area contributed by atoms with Crippen molar-refractivity contribution in [2.45, 2.75) is 90.9 Å². The summed E-state index contributed by atoms with van der Waals surface area (Å²) in [4.78, 5) is 0. The van der Waals surface area contributed by atoms with Crippen molar-refractivity contribution in [3.8, 4) is 0 Å². The van der Waals surface area contributed by atoms with Crippen LogP contribution in [0.1, 0.15) is 95.1 Å². The van der Waals surface area contributed by atoms with Gasteiger partial charge < -0.3 is 5.32 Å². The molecule has 0 aromatic heterocycles. The first-order valence-corrected chi connectivity index (χ1v) is 10.1. The maximum Gasteiger partial charge on any atom is 0.0370 e. The fourth-order valence-electron chi connectivity index (χ4n) is 4.01. The molecule has 130 valence electrons. The van der Waals surface area contributed by atoms with Crippen molar-refractivity contribution in [2.24, 2.45) is 5.92 Å². The molecule has 1 aliphatic rings. The Morgan fingerprint density at radius 1 is 0.957 bits per heavy atom. The van der Waals surface area contributed by atoms with Crippen molar-refractivity contribution in [3.05, 3.63) is 29.3 Å². The van der Waals surface area contributed by atoms with E-state index in [1.807, 2.05) is 0 Å². The molecule has 2 rings (SSSR count). The molecule has 1 aliphatic carbocycles. The molecule has 1 fully saturated rings. The standard InChI is InChI=1S/C22H37N/c1-4-6-8-9-19-10-12-20(13-11-19)21-14-15-22(18(3)17-21)23-16-7-5-2/h14-15,17,19-20,23H,4-13,16H2,1-3H3/t19-,20-. The van der Waals surface area contributed by atoms with Crippen LogP contribution in [0.4, 0.5) is 5.69 Å². The van der Waals surface area contributed by atoms with E-state index in [0.29, 0.717) is 0 Å². The van der Waals surface area contributed by atoms with E-state index in [4.69, 9.17) is 0 Å². The predicted octanol–water partition coefficient (Wildman–Crippen LogP) is 7.06. The molecule has 0 amide bonds. The highest BCUT2D eigenvalue weighted by atomic mass is 14.9. The lowest BCUT2D eigenvalue weighted by molar-refractivity contribution is 0.303. The first kappa shape index (κ1) is 18.4. The number of benzene rings is 1. The van der Waals surface area contributed by atoms with Gasteiger partial charge in [-0.2, -0.15) is 0 Å². The van der Waals surface area contributed by atoms with Gasteiger partial charge in [0.1, 0.15) is 0 Å². The minimum Gasteiger partial charge on any atom is -0.385 e. The quantitative estimate of drug-likeness (QED) is 0.481. The molecule has 1 N–H and O–H groups in total. The summed E-state index contributed by atoms with van der Waals surface area (Å²) in [5.41, 5.74) is 4.33. The summed E-state index contributed by atoms with van der Waals surface area (Å²) in [6.07, 6.45) is 13.9. The van der Waals surface area contributed by atoms with Crippen LogP contribution in [-0.2, 0) is 0 Å². The molecule has 1 saturated carbocycles. The zero-order valence-corrected chi connectivity index (χ0v) is 15.7. The highest BCUT2D eigenvalue weighted by Crippen LogP contribution is 2.38. The predicted molar refractivity (Wildman–Crippen MR) is 103 cm³/mol. The van der Waals surface area contributed by atoms with Crippen molar-refractivity contribution in [2.75, 3.05) is 11.9 Å². The molecule has 0 radical (unpaired) electrons. The number of nitrogens with one attached hydrogen (secondary N) is 1. The van der Waals surface area contributed by atoms with Crippen molar-refractivity contribution in [3.63, 3.8) is 0 Å². The van der Waals surface area contributed by atoms with Crippen LogP contribution in [0, 0.1) is 12.8 Å². The van der Waals surface area contributed by atoms with Crippen molar-refractivity contribution >= 4 is 5.69 Å². The average Bonchev–Trinajstić information content (AvgIpc) is 2.57. The van der Waals surface area contributed by atoms with Gasteiger partial charge in [0, 0.05) is 12.2 Å². The third-order valence-corrected chi connectivity index (χ3v) is 5.63. The summed E-state index contributed by atoms with van der Waals surface area (Å²) in [5, 5.41) is 3.58. The van der Waals surface area contributed by atoms with Gasteiger partial charge in [-0.3, -0.25) is 0 Å². The molecular formula is C22H37N. The number of rotatable bonds is 9. The molecule has 1 nitrogen and oxygen atoms in total. The van der Waals surface area contributed by atoms with Crippen molar-refractivity contribution in [1.82, 2.24) is 0 Å². The van der Waals surface area contributed by atoms with Crippen LogP contribution in [0.2, 0.25) is 0 Å². The Kier molecular flexibility index (Phi) is 7.99. The number of unbranched alkanes of at least 4 members (excludes halogenated alkanes) is 3. The summed E-state index contributed by atoms with van der Waals surface area (Å²) in [7, 11) is 0. The molecule has 0 spiro atoms. The number of aryl methyl sites for hydroxylation is 1. The lowest BCUT2D eigenvalue weighted by Crippen LogP contribution is -2.13. The van der Waals surface area contributed by atoms with Gasteiger partial charge in [-0.05, 0) is 68.1 Å². The maximum absolute atomic E-state index is 3.58. The van der Waals surface area contributed by atoms with E-state index >= 15 is 0 Å². The normalized spacial score (nSPS) is 21.3. The fraction of sp³-hybridized carbons (Fsp3) is 0.727. The largest absolute Gasteiger partial charge is 0.385 e. The zero-order chi connectivity index (χ0) is 16.5. The second-order valence-electron chi connectivity index (χ2n) is 7.57. The Balaban J connectivity index is 1.82. The van der Waals surface area contributed by atoms with Gasteiger partial charge in [0.25, 0.3) is 0 Å². The molecule has 0 atom stereocenters. The van der Waals surface area contributed by atoms with Crippen LogP contribution >= 0.6 is 0 Å². The zero-order valence-electron chi connectivity index (χ0n) is 15.7. The Bertz CT molecular complexity index is 443. The molecule has 0 heterocycles. The molecule has 0 bridgehead atoms. The van der Waals surface area contributed by atoms with Gasteiger partial charge >= 0.3 is 0 Å². The molecule has 1 aromatic carbocycles. The van der Waals surface area contributed by atoms with Gasteiger partial charge in [0.05, 0.1) is 0 Å². The summed E-state index contributed by atoms with van der Waals surface area (Å²) in [6, 6.07) is 7.13. The number of anilines is 1. The van der Waals surface area contributed by atoms with E-state index in [1.165, 1.54) is 75.5 Å². The van der Waals surface area contributed by atoms with Crippen LogP contribution in [0.5, 0.6) is 0 Å². The lowest BCUT2D eigenvalue weighted by Gasteiger charge is -2.29. The van der Waals surface area contributed by atoms with E-state index in [0.717, 1.165) is 18.4 Å². The van der Waals surface area contributed by atoms with E-state index in [1.54, 1.807) is 5.56 Å². The first-order chi connectivity index (χ1) is 11.2. The lowest BCUT2D eigenvalue weighted by atomic mass is 9.77. The molecule has 0 aliphatic heterocycles. The topological polar surface area (TPSA) is 12.0 Å². The SMILES string of the molecule is CCCCC[C@H]1CC[C@H](c2ccc(NCCCC)c(C)c2)CC1. The van der Waals surface area contributed by atoms with Gasteiger partial charge in [-0.25, -0.2) is 0 Å². The Morgan fingerprint density at radius 3 is 2.35 bits per heavy atom.